The third-order valence-electron chi connectivity index (χ3n) is 2.84. The Balaban J connectivity index is 2.17. The van der Waals surface area contributed by atoms with Gasteiger partial charge in [-0.3, -0.25) is 9.97 Å². The third kappa shape index (κ3) is 3.37. The van der Waals surface area contributed by atoms with Gasteiger partial charge in [-0.05, 0) is 38.1 Å². The Morgan fingerprint density at radius 3 is 2.72 bits per heavy atom. The molecule has 1 unspecified atom stereocenters. The number of nitrogens with zero attached hydrogens (tertiary/aromatic N) is 2. The van der Waals surface area contributed by atoms with Crippen LogP contribution in [0.1, 0.15) is 23.0 Å². The molecule has 0 saturated heterocycles. The lowest BCUT2D eigenvalue weighted by Gasteiger charge is -2.15. The number of nitrogens with one attached hydrogen (secondary N) is 1. The van der Waals surface area contributed by atoms with E-state index in [-0.39, 0.29) is 6.04 Å². The number of aryl methyl sites for hydroxylation is 1. The molecule has 0 radical (unpaired) electrons. The minimum Gasteiger partial charge on any atom is -0.311 e. The number of likely N-dealkylation sites (N-methyl/N-ethyl adjacent to an activating group) is 1. The Bertz CT molecular complexity index is 511. The van der Waals surface area contributed by atoms with Crippen molar-refractivity contribution in [1.29, 1.82) is 0 Å². The first-order valence-corrected chi connectivity index (χ1v) is 6.68. The van der Waals surface area contributed by atoms with Gasteiger partial charge < -0.3 is 5.32 Å². The standard InChI is InChI=1S/C14H16BrN3/c1-10-8-18-14(9-17-10)13(16-2)7-11-4-3-5-12(15)6-11/h3-6,8-9,13,16H,7H2,1-2H3. The van der Waals surface area contributed by atoms with Crippen LogP contribution in [0.4, 0.5) is 0 Å². The molecule has 0 amide bonds. The van der Waals surface area contributed by atoms with Gasteiger partial charge in [0.15, 0.2) is 0 Å². The van der Waals surface area contributed by atoms with Gasteiger partial charge in [0, 0.05) is 10.7 Å². The summed E-state index contributed by atoms with van der Waals surface area (Å²) < 4.78 is 1.10. The van der Waals surface area contributed by atoms with Gasteiger partial charge in [-0.25, -0.2) is 0 Å². The second-order valence-corrected chi connectivity index (χ2v) is 5.17. The van der Waals surface area contributed by atoms with Gasteiger partial charge >= 0.3 is 0 Å². The van der Waals surface area contributed by atoms with E-state index in [1.165, 1.54) is 5.56 Å². The lowest BCUT2D eigenvalue weighted by atomic mass is 10.0. The topological polar surface area (TPSA) is 37.8 Å². The van der Waals surface area contributed by atoms with E-state index in [2.05, 4.69) is 43.3 Å². The summed E-state index contributed by atoms with van der Waals surface area (Å²) in [5.74, 6) is 0. The Hall–Kier alpha value is -1.26. The third-order valence-corrected chi connectivity index (χ3v) is 3.33. The molecule has 94 valence electrons. The first-order valence-electron chi connectivity index (χ1n) is 5.89. The molecule has 0 aliphatic heterocycles. The normalized spacial score (nSPS) is 12.4. The van der Waals surface area contributed by atoms with E-state index in [4.69, 9.17) is 0 Å². The molecule has 3 nitrogen and oxygen atoms in total. The second kappa shape index (κ2) is 6.07. The van der Waals surface area contributed by atoms with Gasteiger partial charge in [0.05, 0.1) is 23.6 Å². The van der Waals surface area contributed by atoms with E-state index >= 15 is 0 Å². The van der Waals surface area contributed by atoms with Crippen molar-refractivity contribution in [2.45, 2.75) is 19.4 Å². The molecule has 2 rings (SSSR count). The fourth-order valence-electron chi connectivity index (χ4n) is 1.84. The molecule has 1 heterocycles. The van der Waals surface area contributed by atoms with Crippen molar-refractivity contribution in [3.05, 3.63) is 58.1 Å². The Morgan fingerprint density at radius 1 is 1.28 bits per heavy atom. The minimum absolute atomic E-state index is 0.187. The zero-order valence-corrected chi connectivity index (χ0v) is 12.1. The zero-order valence-electron chi connectivity index (χ0n) is 10.5. The maximum Gasteiger partial charge on any atom is 0.0759 e. The Kier molecular flexibility index (Phi) is 4.44. The van der Waals surface area contributed by atoms with E-state index < -0.39 is 0 Å². The summed E-state index contributed by atoms with van der Waals surface area (Å²) in [4.78, 5) is 8.73. The highest BCUT2D eigenvalue weighted by Gasteiger charge is 2.11. The summed E-state index contributed by atoms with van der Waals surface area (Å²) in [6.07, 6.45) is 4.54. The lowest BCUT2D eigenvalue weighted by molar-refractivity contribution is 0.572. The largest absolute Gasteiger partial charge is 0.311 e. The van der Waals surface area contributed by atoms with Crippen molar-refractivity contribution in [1.82, 2.24) is 15.3 Å². The Morgan fingerprint density at radius 2 is 2.11 bits per heavy atom. The van der Waals surface area contributed by atoms with E-state index in [1.54, 1.807) is 6.20 Å². The van der Waals surface area contributed by atoms with Crippen LogP contribution in [0.15, 0.2) is 41.1 Å². The van der Waals surface area contributed by atoms with Crippen LogP contribution in [0.25, 0.3) is 0 Å². The molecule has 0 aliphatic carbocycles. The molecule has 18 heavy (non-hydrogen) atoms. The molecular weight excluding hydrogens is 290 g/mol. The molecule has 0 spiro atoms. The molecule has 4 heteroatoms. The van der Waals surface area contributed by atoms with E-state index in [9.17, 15) is 0 Å². The molecule has 1 atom stereocenters. The van der Waals surface area contributed by atoms with Crippen molar-refractivity contribution >= 4 is 15.9 Å². The van der Waals surface area contributed by atoms with Crippen LogP contribution in [-0.4, -0.2) is 17.0 Å². The number of benzene rings is 1. The highest BCUT2D eigenvalue weighted by molar-refractivity contribution is 9.10. The molecule has 0 saturated carbocycles. The molecule has 1 aromatic heterocycles. The van der Waals surface area contributed by atoms with Crippen molar-refractivity contribution in [3.8, 4) is 0 Å². The maximum atomic E-state index is 4.43. The molecular formula is C14H16BrN3. The minimum atomic E-state index is 0.187. The van der Waals surface area contributed by atoms with Crippen LogP contribution in [0.3, 0.4) is 0 Å². The summed E-state index contributed by atoms with van der Waals surface area (Å²) in [7, 11) is 1.95. The molecule has 0 aliphatic rings. The van der Waals surface area contributed by atoms with Crippen LogP contribution in [-0.2, 0) is 6.42 Å². The van der Waals surface area contributed by atoms with E-state index in [0.717, 1.165) is 22.3 Å². The predicted octanol–water partition coefficient (Wildman–Crippen LogP) is 3.05. The summed E-state index contributed by atoms with van der Waals surface area (Å²) in [5, 5.41) is 3.29. The van der Waals surface area contributed by atoms with Crippen LogP contribution in [0.5, 0.6) is 0 Å². The number of halogens is 1. The van der Waals surface area contributed by atoms with Crippen LogP contribution < -0.4 is 5.32 Å². The van der Waals surface area contributed by atoms with Gasteiger partial charge in [-0.2, -0.15) is 0 Å². The van der Waals surface area contributed by atoms with Crippen molar-refractivity contribution in [2.75, 3.05) is 7.05 Å². The molecule has 1 aromatic carbocycles. The van der Waals surface area contributed by atoms with Crippen LogP contribution in [0.2, 0.25) is 0 Å². The quantitative estimate of drug-likeness (QED) is 0.943. The van der Waals surface area contributed by atoms with E-state index in [1.807, 2.05) is 32.3 Å². The van der Waals surface area contributed by atoms with Crippen LogP contribution in [0, 0.1) is 6.92 Å². The average Bonchev–Trinajstić information content (AvgIpc) is 2.37. The molecule has 2 aromatic rings. The summed E-state index contributed by atoms with van der Waals surface area (Å²) in [6.45, 7) is 1.94. The SMILES string of the molecule is CNC(Cc1cccc(Br)c1)c1cnc(C)cn1. The van der Waals surface area contributed by atoms with Crippen molar-refractivity contribution in [3.63, 3.8) is 0 Å². The van der Waals surface area contributed by atoms with Crippen molar-refractivity contribution < 1.29 is 0 Å². The molecule has 0 fully saturated rings. The van der Waals surface area contributed by atoms with Gasteiger partial charge in [0.1, 0.15) is 0 Å². The van der Waals surface area contributed by atoms with E-state index in [0.29, 0.717) is 0 Å². The average molecular weight is 306 g/mol. The maximum absolute atomic E-state index is 4.43. The fraction of sp³-hybridized carbons (Fsp3) is 0.286. The monoisotopic (exact) mass is 305 g/mol. The summed E-state index contributed by atoms with van der Waals surface area (Å²) in [6, 6.07) is 8.52. The number of aromatic nitrogens is 2. The van der Waals surface area contributed by atoms with Gasteiger partial charge in [-0.1, -0.05) is 28.1 Å². The van der Waals surface area contributed by atoms with Gasteiger partial charge in [0.25, 0.3) is 0 Å². The number of hydrogen-bond acceptors (Lipinski definition) is 3. The molecule has 0 bridgehead atoms. The Labute approximate surface area is 116 Å². The fourth-order valence-corrected chi connectivity index (χ4v) is 2.28. The highest BCUT2D eigenvalue weighted by atomic mass is 79.9. The zero-order chi connectivity index (χ0) is 13.0. The van der Waals surface area contributed by atoms with Crippen LogP contribution >= 0.6 is 15.9 Å². The highest BCUT2D eigenvalue weighted by Crippen LogP contribution is 2.18. The summed E-state index contributed by atoms with van der Waals surface area (Å²) >= 11 is 3.49. The molecule has 1 N–H and O–H groups in total. The number of rotatable bonds is 4. The van der Waals surface area contributed by atoms with Gasteiger partial charge in [0.2, 0.25) is 0 Å². The first kappa shape index (κ1) is 13.2. The predicted molar refractivity (Wildman–Crippen MR) is 76.4 cm³/mol. The smallest absolute Gasteiger partial charge is 0.0759 e. The second-order valence-electron chi connectivity index (χ2n) is 4.26. The number of hydrogen-bond donors (Lipinski definition) is 1. The first-order chi connectivity index (χ1) is 8.69. The van der Waals surface area contributed by atoms with Crippen molar-refractivity contribution in [2.24, 2.45) is 0 Å². The summed E-state index contributed by atoms with van der Waals surface area (Å²) in [5.41, 5.74) is 3.19. The van der Waals surface area contributed by atoms with Gasteiger partial charge in [-0.15, -0.1) is 0 Å². The lowest BCUT2D eigenvalue weighted by Crippen LogP contribution is -2.20.